The molecule has 1 saturated heterocycles. The lowest BCUT2D eigenvalue weighted by atomic mass is 9.98. The second-order valence-electron chi connectivity index (χ2n) is 3.82. The number of hydrogen-bond acceptors (Lipinski definition) is 4. The maximum Gasteiger partial charge on any atom is 0.150 e. The number of rotatable bonds is 3. The molecule has 2 heterocycles. The number of aromatic nitrogens is 4. The lowest BCUT2D eigenvalue weighted by Crippen LogP contribution is -2.30. The SMILES string of the molecule is CCc1nnnn1CC1CCNCC1. The van der Waals surface area contributed by atoms with Gasteiger partial charge in [-0.3, -0.25) is 0 Å². The molecule has 5 heteroatoms. The van der Waals surface area contributed by atoms with E-state index in [-0.39, 0.29) is 0 Å². The van der Waals surface area contributed by atoms with Gasteiger partial charge in [0.15, 0.2) is 5.82 Å². The molecule has 0 atom stereocenters. The first-order chi connectivity index (χ1) is 6.90. The lowest BCUT2D eigenvalue weighted by molar-refractivity contribution is 0.314. The van der Waals surface area contributed by atoms with Crippen molar-refractivity contribution in [2.75, 3.05) is 13.1 Å². The fourth-order valence-corrected chi connectivity index (χ4v) is 1.93. The number of nitrogens with zero attached hydrogens (tertiary/aromatic N) is 4. The highest BCUT2D eigenvalue weighted by Gasteiger charge is 2.15. The first kappa shape index (κ1) is 9.58. The summed E-state index contributed by atoms with van der Waals surface area (Å²) in [6.45, 7) is 5.34. The molecule has 1 aromatic rings. The van der Waals surface area contributed by atoms with Crippen LogP contribution >= 0.6 is 0 Å². The van der Waals surface area contributed by atoms with E-state index < -0.39 is 0 Å². The van der Waals surface area contributed by atoms with Crippen LogP contribution in [0.3, 0.4) is 0 Å². The molecule has 0 spiro atoms. The third-order valence-electron chi connectivity index (χ3n) is 2.81. The van der Waals surface area contributed by atoms with Crippen LogP contribution in [0, 0.1) is 5.92 Å². The van der Waals surface area contributed by atoms with E-state index in [0.717, 1.165) is 37.8 Å². The van der Waals surface area contributed by atoms with E-state index in [2.05, 4.69) is 27.8 Å². The van der Waals surface area contributed by atoms with Gasteiger partial charge >= 0.3 is 0 Å². The molecule has 1 fully saturated rings. The van der Waals surface area contributed by atoms with Crippen LogP contribution in [0.1, 0.15) is 25.6 Å². The van der Waals surface area contributed by atoms with Crippen LogP contribution in [0.15, 0.2) is 0 Å². The van der Waals surface area contributed by atoms with Crippen LogP contribution in [-0.4, -0.2) is 33.3 Å². The summed E-state index contributed by atoms with van der Waals surface area (Å²) in [5.74, 6) is 1.74. The second kappa shape index (κ2) is 4.50. The largest absolute Gasteiger partial charge is 0.317 e. The second-order valence-corrected chi connectivity index (χ2v) is 3.82. The van der Waals surface area contributed by atoms with Gasteiger partial charge in [0.05, 0.1) is 0 Å². The Hall–Kier alpha value is -0.970. The van der Waals surface area contributed by atoms with Gasteiger partial charge in [-0.15, -0.1) is 5.10 Å². The highest BCUT2D eigenvalue weighted by Crippen LogP contribution is 2.14. The first-order valence-electron chi connectivity index (χ1n) is 5.36. The standard InChI is InChI=1S/C9H17N5/c1-2-9-11-12-13-14(9)7-8-3-5-10-6-4-8/h8,10H,2-7H2,1H3. The monoisotopic (exact) mass is 195 g/mol. The molecule has 0 aliphatic carbocycles. The predicted octanol–water partition coefficient (Wildman–Crippen LogP) is 0.235. The van der Waals surface area contributed by atoms with Gasteiger partial charge in [-0.1, -0.05) is 6.92 Å². The van der Waals surface area contributed by atoms with Crippen molar-refractivity contribution in [2.45, 2.75) is 32.7 Å². The summed E-state index contributed by atoms with van der Waals surface area (Å²) in [5.41, 5.74) is 0. The van der Waals surface area contributed by atoms with Gasteiger partial charge in [-0.2, -0.15) is 0 Å². The minimum atomic E-state index is 0.741. The van der Waals surface area contributed by atoms with E-state index >= 15 is 0 Å². The van der Waals surface area contributed by atoms with Crippen molar-refractivity contribution >= 4 is 0 Å². The summed E-state index contributed by atoms with van der Waals surface area (Å²) in [4.78, 5) is 0. The highest BCUT2D eigenvalue weighted by atomic mass is 15.5. The Kier molecular flexibility index (Phi) is 3.08. The van der Waals surface area contributed by atoms with Gasteiger partial charge in [0.25, 0.3) is 0 Å². The predicted molar refractivity (Wildman–Crippen MR) is 52.8 cm³/mol. The molecule has 5 nitrogen and oxygen atoms in total. The Bertz CT molecular complexity index is 276. The van der Waals surface area contributed by atoms with E-state index in [9.17, 15) is 0 Å². The molecule has 78 valence electrons. The topological polar surface area (TPSA) is 55.6 Å². The van der Waals surface area contributed by atoms with Crippen LogP contribution in [0.4, 0.5) is 0 Å². The summed E-state index contributed by atoms with van der Waals surface area (Å²) >= 11 is 0. The molecule has 1 aliphatic heterocycles. The number of nitrogens with one attached hydrogen (secondary N) is 1. The summed E-state index contributed by atoms with van der Waals surface area (Å²) in [5, 5.41) is 15.1. The number of piperidine rings is 1. The fraction of sp³-hybridized carbons (Fsp3) is 0.889. The van der Waals surface area contributed by atoms with E-state index in [1.54, 1.807) is 0 Å². The van der Waals surface area contributed by atoms with Crippen molar-refractivity contribution in [3.05, 3.63) is 5.82 Å². The molecular weight excluding hydrogens is 178 g/mol. The van der Waals surface area contributed by atoms with E-state index in [1.807, 2.05) is 4.68 Å². The molecule has 14 heavy (non-hydrogen) atoms. The Balaban J connectivity index is 1.95. The van der Waals surface area contributed by atoms with Gasteiger partial charge in [0.2, 0.25) is 0 Å². The molecule has 0 amide bonds. The molecule has 0 saturated carbocycles. The van der Waals surface area contributed by atoms with Crippen LogP contribution in [0.5, 0.6) is 0 Å². The average Bonchev–Trinajstić information content (AvgIpc) is 2.67. The molecule has 0 aromatic carbocycles. The third-order valence-corrected chi connectivity index (χ3v) is 2.81. The van der Waals surface area contributed by atoms with Gasteiger partial charge in [0.1, 0.15) is 0 Å². The summed E-state index contributed by atoms with van der Waals surface area (Å²) in [6.07, 6.45) is 3.39. The van der Waals surface area contributed by atoms with Crippen LogP contribution in [-0.2, 0) is 13.0 Å². The molecule has 0 unspecified atom stereocenters. The Morgan fingerprint density at radius 2 is 2.21 bits per heavy atom. The van der Waals surface area contributed by atoms with E-state index in [1.165, 1.54) is 12.8 Å². The van der Waals surface area contributed by atoms with Crippen molar-refractivity contribution in [3.8, 4) is 0 Å². The zero-order valence-electron chi connectivity index (χ0n) is 8.61. The molecule has 1 aromatic heterocycles. The van der Waals surface area contributed by atoms with Gasteiger partial charge in [0, 0.05) is 13.0 Å². The summed E-state index contributed by atoms with van der Waals surface area (Å²) in [7, 11) is 0. The number of tetrazole rings is 1. The molecule has 2 rings (SSSR count). The first-order valence-corrected chi connectivity index (χ1v) is 5.36. The van der Waals surface area contributed by atoms with Crippen molar-refractivity contribution in [2.24, 2.45) is 5.92 Å². The quantitative estimate of drug-likeness (QED) is 0.750. The van der Waals surface area contributed by atoms with Crippen molar-refractivity contribution < 1.29 is 0 Å². The zero-order chi connectivity index (χ0) is 9.80. The summed E-state index contributed by atoms with van der Waals surface area (Å²) < 4.78 is 1.95. The van der Waals surface area contributed by atoms with E-state index in [0.29, 0.717) is 0 Å². The van der Waals surface area contributed by atoms with Crippen LogP contribution < -0.4 is 5.32 Å². The number of hydrogen-bond donors (Lipinski definition) is 1. The van der Waals surface area contributed by atoms with Gasteiger partial charge in [-0.25, -0.2) is 4.68 Å². The maximum absolute atomic E-state index is 4.02. The molecule has 1 N–H and O–H groups in total. The van der Waals surface area contributed by atoms with Crippen LogP contribution in [0.2, 0.25) is 0 Å². The smallest absolute Gasteiger partial charge is 0.150 e. The molecular formula is C9H17N5. The molecule has 1 aliphatic rings. The fourth-order valence-electron chi connectivity index (χ4n) is 1.93. The minimum Gasteiger partial charge on any atom is -0.317 e. The minimum absolute atomic E-state index is 0.741. The Labute approximate surface area is 83.9 Å². The third kappa shape index (κ3) is 2.09. The zero-order valence-corrected chi connectivity index (χ0v) is 8.61. The highest BCUT2D eigenvalue weighted by molar-refractivity contribution is 4.80. The van der Waals surface area contributed by atoms with Crippen molar-refractivity contribution in [3.63, 3.8) is 0 Å². The number of aryl methyl sites for hydroxylation is 1. The van der Waals surface area contributed by atoms with Gasteiger partial charge in [-0.05, 0) is 42.3 Å². The molecule has 0 radical (unpaired) electrons. The lowest BCUT2D eigenvalue weighted by Gasteiger charge is -2.22. The molecule has 0 bridgehead atoms. The Morgan fingerprint density at radius 1 is 1.43 bits per heavy atom. The summed E-state index contributed by atoms with van der Waals surface area (Å²) in [6, 6.07) is 0. The maximum atomic E-state index is 4.02. The Morgan fingerprint density at radius 3 is 2.93 bits per heavy atom. The average molecular weight is 195 g/mol. The van der Waals surface area contributed by atoms with Gasteiger partial charge < -0.3 is 5.32 Å². The van der Waals surface area contributed by atoms with Crippen molar-refractivity contribution in [1.82, 2.24) is 25.5 Å². The van der Waals surface area contributed by atoms with Crippen LogP contribution in [0.25, 0.3) is 0 Å². The normalized spacial score (nSPS) is 18.6. The van der Waals surface area contributed by atoms with E-state index in [4.69, 9.17) is 0 Å². The van der Waals surface area contributed by atoms with Crippen molar-refractivity contribution in [1.29, 1.82) is 0 Å².